The summed E-state index contributed by atoms with van der Waals surface area (Å²) >= 11 is 0. The van der Waals surface area contributed by atoms with Gasteiger partial charge < -0.3 is 16.1 Å². The van der Waals surface area contributed by atoms with Gasteiger partial charge in [-0.25, -0.2) is 0 Å². The number of hydrogen-bond donors (Lipinski definition) is 1. The Bertz CT molecular complexity index is 107. The summed E-state index contributed by atoms with van der Waals surface area (Å²) in [6.45, 7) is 0. The van der Waals surface area contributed by atoms with Crippen molar-refractivity contribution in [2.75, 3.05) is 0 Å². The van der Waals surface area contributed by atoms with Crippen LogP contribution in [-0.4, -0.2) is 22.0 Å². The predicted molar refractivity (Wildman–Crippen MR) is 41.4 cm³/mol. The molecule has 0 aromatic heterocycles. The first-order valence-electron chi connectivity index (χ1n) is 3.53. The fourth-order valence-corrected chi connectivity index (χ4v) is 1.35. The molecule has 0 atom stereocenters. The lowest BCUT2D eigenvalue weighted by Gasteiger charge is -2.16. The van der Waals surface area contributed by atoms with E-state index < -0.39 is 5.97 Å². The lowest BCUT2D eigenvalue weighted by atomic mass is 9.90. The van der Waals surface area contributed by atoms with Crippen LogP contribution in [-0.2, 0) is 4.79 Å². The van der Waals surface area contributed by atoms with E-state index in [0.29, 0.717) is 0 Å². The number of carboxylic acids is 1. The van der Waals surface area contributed by atoms with Crippen molar-refractivity contribution in [1.29, 1.82) is 0 Å². The standard InChI is InChI=1S/C7H12O2.2H2O/c8-7(9)6-4-2-1-3-5-6;;/h6H,1-5H2,(H,8,9);2*1H2. The number of carbonyl (C=O) groups is 1. The maximum Gasteiger partial charge on any atom is 0.306 e. The highest BCUT2D eigenvalue weighted by Gasteiger charge is 2.19. The zero-order chi connectivity index (χ0) is 6.69. The fourth-order valence-electron chi connectivity index (χ4n) is 1.35. The molecule has 0 saturated heterocycles. The second kappa shape index (κ2) is 6.12. The van der Waals surface area contributed by atoms with Gasteiger partial charge in [0.1, 0.15) is 0 Å². The molecule has 1 fully saturated rings. The van der Waals surface area contributed by atoms with Gasteiger partial charge in [-0.15, -0.1) is 0 Å². The molecule has 1 saturated carbocycles. The summed E-state index contributed by atoms with van der Waals surface area (Å²) in [5.74, 6) is -0.631. The van der Waals surface area contributed by atoms with Gasteiger partial charge in [0.15, 0.2) is 0 Å². The fraction of sp³-hybridized carbons (Fsp3) is 0.857. The molecule has 0 amide bonds. The maximum atomic E-state index is 10.4. The summed E-state index contributed by atoms with van der Waals surface area (Å²) in [6.07, 6.45) is 5.24. The molecule has 1 aliphatic carbocycles. The molecule has 0 spiro atoms. The Morgan fingerprint density at radius 1 is 1.09 bits per heavy atom. The predicted octanol–water partition coefficient (Wildman–Crippen LogP) is 0.00190. The summed E-state index contributed by atoms with van der Waals surface area (Å²) < 4.78 is 0. The van der Waals surface area contributed by atoms with Gasteiger partial charge in [-0.1, -0.05) is 19.3 Å². The van der Waals surface area contributed by atoms with Crippen LogP contribution in [0.5, 0.6) is 0 Å². The van der Waals surface area contributed by atoms with Crippen LogP contribution in [0.15, 0.2) is 0 Å². The molecule has 1 rings (SSSR count). The minimum absolute atomic E-state index is 0. The van der Waals surface area contributed by atoms with Gasteiger partial charge in [0.25, 0.3) is 0 Å². The second-order valence-electron chi connectivity index (χ2n) is 2.67. The van der Waals surface area contributed by atoms with Crippen LogP contribution in [0.3, 0.4) is 0 Å². The van der Waals surface area contributed by atoms with E-state index in [1.807, 2.05) is 0 Å². The quantitative estimate of drug-likeness (QED) is 0.589. The Labute approximate surface area is 65.8 Å². The van der Waals surface area contributed by atoms with Crippen molar-refractivity contribution in [1.82, 2.24) is 0 Å². The Morgan fingerprint density at radius 3 is 1.82 bits per heavy atom. The molecule has 4 nitrogen and oxygen atoms in total. The molecule has 68 valence electrons. The van der Waals surface area contributed by atoms with Crippen LogP contribution in [0.4, 0.5) is 0 Å². The topological polar surface area (TPSA) is 100 Å². The number of carboxylic acid groups (broad SMARTS) is 1. The number of aliphatic carboxylic acids is 1. The smallest absolute Gasteiger partial charge is 0.306 e. The minimum atomic E-state index is -0.602. The number of hydrogen-bond acceptors (Lipinski definition) is 1. The SMILES string of the molecule is O.O.O=C(O)C1CCCCC1. The van der Waals surface area contributed by atoms with Crippen molar-refractivity contribution >= 4 is 5.97 Å². The van der Waals surface area contributed by atoms with Crippen molar-refractivity contribution < 1.29 is 20.9 Å². The van der Waals surface area contributed by atoms with Gasteiger partial charge in [0, 0.05) is 0 Å². The van der Waals surface area contributed by atoms with E-state index in [-0.39, 0.29) is 16.9 Å². The Kier molecular flexibility index (Phi) is 7.24. The Hall–Kier alpha value is -0.610. The lowest BCUT2D eigenvalue weighted by Crippen LogP contribution is -2.16. The van der Waals surface area contributed by atoms with E-state index in [1.165, 1.54) is 6.42 Å². The summed E-state index contributed by atoms with van der Waals surface area (Å²) in [4.78, 5) is 10.4. The van der Waals surface area contributed by atoms with E-state index in [9.17, 15) is 4.79 Å². The summed E-state index contributed by atoms with van der Waals surface area (Å²) in [6, 6.07) is 0. The highest BCUT2D eigenvalue weighted by molar-refractivity contribution is 5.69. The van der Waals surface area contributed by atoms with Crippen LogP contribution in [0.2, 0.25) is 0 Å². The molecule has 0 aromatic rings. The van der Waals surface area contributed by atoms with E-state index in [0.717, 1.165) is 25.7 Å². The van der Waals surface area contributed by atoms with Crippen LogP contribution in [0, 0.1) is 5.92 Å². The normalized spacial score (nSPS) is 17.8. The molecule has 1 aliphatic rings. The third kappa shape index (κ3) is 3.95. The van der Waals surface area contributed by atoms with E-state index >= 15 is 0 Å². The van der Waals surface area contributed by atoms with Crippen molar-refractivity contribution in [3.8, 4) is 0 Å². The molecule has 0 aliphatic heterocycles. The van der Waals surface area contributed by atoms with Gasteiger partial charge >= 0.3 is 5.97 Å². The Balaban J connectivity index is 0. The van der Waals surface area contributed by atoms with Gasteiger partial charge in [0.05, 0.1) is 5.92 Å². The average Bonchev–Trinajstić information content (AvgIpc) is 1.90. The highest BCUT2D eigenvalue weighted by atomic mass is 16.4. The van der Waals surface area contributed by atoms with Crippen LogP contribution in [0.25, 0.3) is 0 Å². The van der Waals surface area contributed by atoms with Crippen molar-refractivity contribution in [3.63, 3.8) is 0 Å². The van der Waals surface area contributed by atoms with E-state index in [2.05, 4.69) is 0 Å². The van der Waals surface area contributed by atoms with Gasteiger partial charge in [-0.05, 0) is 12.8 Å². The van der Waals surface area contributed by atoms with Gasteiger partial charge in [0.2, 0.25) is 0 Å². The average molecular weight is 164 g/mol. The monoisotopic (exact) mass is 164 g/mol. The van der Waals surface area contributed by atoms with Crippen molar-refractivity contribution in [3.05, 3.63) is 0 Å². The lowest BCUT2D eigenvalue weighted by molar-refractivity contribution is -0.142. The van der Waals surface area contributed by atoms with E-state index in [4.69, 9.17) is 5.11 Å². The summed E-state index contributed by atoms with van der Waals surface area (Å²) in [5, 5.41) is 8.54. The zero-order valence-corrected chi connectivity index (χ0v) is 6.47. The molecule has 11 heavy (non-hydrogen) atoms. The van der Waals surface area contributed by atoms with E-state index in [1.54, 1.807) is 0 Å². The highest BCUT2D eigenvalue weighted by Crippen LogP contribution is 2.23. The molecule has 0 bridgehead atoms. The first-order valence-corrected chi connectivity index (χ1v) is 3.53. The van der Waals surface area contributed by atoms with Crippen molar-refractivity contribution in [2.24, 2.45) is 5.92 Å². The van der Waals surface area contributed by atoms with Gasteiger partial charge in [-0.2, -0.15) is 0 Å². The third-order valence-corrected chi connectivity index (χ3v) is 1.95. The molecule has 0 radical (unpaired) electrons. The second-order valence-corrected chi connectivity index (χ2v) is 2.67. The Morgan fingerprint density at radius 2 is 1.55 bits per heavy atom. The summed E-state index contributed by atoms with van der Waals surface area (Å²) in [5.41, 5.74) is 0. The third-order valence-electron chi connectivity index (χ3n) is 1.95. The molecular formula is C7H16O4. The van der Waals surface area contributed by atoms with Crippen LogP contribution >= 0.6 is 0 Å². The maximum absolute atomic E-state index is 10.4. The first-order chi connectivity index (χ1) is 4.30. The largest absolute Gasteiger partial charge is 0.481 e. The van der Waals surface area contributed by atoms with Crippen molar-refractivity contribution in [2.45, 2.75) is 32.1 Å². The molecule has 4 heteroatoms. The first kappa shape index (κ1) is 13.0. The zero-order valence-electron chi connectivity index (χ0n) is 6.47. The van der Waals surface area contributed by atoms with Crippen LogP contribution in [0.1, 0.15) is 32.1 Å². The van der Waals surface area contributed by atoms with Crippen LogP contribution < -0.4 is 0 Å². The molecular weight excluding hydrogens is 148 g/mol. The van der Waals surface area contributed by atoms with Gasteiger partial charge in [-0.3, -0.25) is 4.79 Å². The molecule has 5 N–H and O–H groups in total. The molecule has 0 aromatic carbocycles. The number of rotatable bonds is 1. The summed E-state index contributed by atoms with van der Waals surface area (Å²) in [7, 11) is 0. The minimum Gasteiger partial charge on any atom is -0.481 e. The molecule has 0 heterocycles. The molecule has 0 unspecified atom stereocenters.